The van der Waals surface area contributed by atoms with Crippen molar-refractivity contribution in [1.82, 2.24) is 0 Å². The van der Waals surface area contributed by atoms with Gasteiger partial charge in [-0.05, 0) is 42.9 Å². The van der Waals surface area contributed by atoms with E-state index >= 15 is 0 Å². The second-order valence-corrected chi connectivity index (χ2v) is 7.81. The molecule has 0 spiro atoms. The van der Waals surface area contributed by atoms with Crippen molar-refractivity contribution in [1.29, 1.82) is 0 Å². The molecule has 0 N–H and O–H groups in total. The number of hydrogen-bond acceptors (Lipinski definition) is 1. The summed E-state index contributed by atoms with van der Waals surface area (Å²) in [6.45, 7) is 15.5. The Morgan fingerprint density at radius 1 is 1.21 bits per heavy atom. The van der Waals surface area contributed by atoms with Gasteiger partial charge in [0.1, 0.15) is 5.78 Å². The van der Waals surface area contributed by atoms with Crippen molar-refractivity contribution in [3.63, 3.8) is 0 Å². The largest absolute Gasteiger partial charge is 0.300 e. The zero-order chi connectivity index (χ0) is 14.6. The van der Waals surface area contributed by atoms with Gasteiger partial charge in [-0.1, -0.05) is 57.9 Å². The third-order valence-corrected chi connectivity index (χ3v) is 5.98. The van der Waals surface area contributed by atoms with Crippen LogP contribution in [0.25, 0.3) is 0 Å². The van der Waals surface area contributed by atoms with E-state index in [4.69, 9.17) is 0 Å². The van der Waals surface area contributed by atoms with E-state index in [1.165, 1.54) is 11.1 Å². The van der Waals surface area contributed by atoms with Gasteiger partial charge in [0.05, 0.1) is 0 Å². The zero-order valence-electron chi connectivity index (χ0n) is 13.5. The van der Waals surface area contributed by atoms with Crippen molar-refractivity contribution in [3.05, 3.63) is 23.3 Å². The van der Waals surface area contributed by atoms with Gasteiger partial charge in [0.15, 0.2) is 0 Å². The zero-order valence-corrected chi connectivity index (χ0v) is 13.5. The first kappa shape index (κ1) is 14.6. The average molecular weight is 260 g/mol. The highest BCUT2D eigenvalue weighted by molar-refractivity contribution is 5.80. The summed E-state index contributed by atoms with van der Waals surface area (Å²) < 4.78 is 0. The van der Waals surface area contributed by atoms with Crippen LogP contribution in [-0.4, -0.2) is 5.78 Å². The van der Waals surface area contributed by atoms with Gasteiger partial charge in [-0.25, -0.2) is 0 Å². The SMILES string of the molecule is CC(=O)C1C(C)C(C)(C)C2CC(C)=CC=C2C1(C)C. The summed E-state index contributed by atoms with van der Waals surface area (Å²) in [6.07, 6.45) is 5.70. The smallest absolute Gasteiger partial charge is 0.134 e. The van der Waals surface area contributed by atoms with E-state index in [0.29, 0.717) is 17.6 Å². The molecule has 3 atom stereocenters. The van der Waals surface area contributed by atoms with Gasteiger partial charge in [0, 0.05) is 5.92 Å². The molecule has 0 radical (unpaired) electrons. The standard InChI is InChI=1S/C18H28O/c1-11-8-9-14-15(10-11)17(4,5)12(2)16(13(3)19)18(14,6)7/h8-9,12,15-16H,10H2,1-7H3. The van der Waals surface area contributed by atoms with E-state index in [0.717, 1.165) is 6.42 Å². The third-order valence-electron chi connectivity index (χ3n) is 5.98. The molecule has 1 fully saturated rings. The number of rotatable bonds is 1. The minimum absolute atomic E-state index is 0.0113. The van der Waals surface area contributed by atoms with Crippen LogP contribution in [0.5, 0.6) is 0 Å². The van der Waals surface area contributed by atoms with Gasteiger partial charge < -0.3 is 0 Å². The van der Waals surface area contributed by atoms with Crippen LogP contribution in [0.2, 0.25) is 0 Å². The molecule has 19 heavy (non-hydrogen) atoms. The molecule has 0 aromatic carbocycles. The Balaban J connectivity index is 2.59. The maximum atomic E-state index is 12.2. The Morgan fingerprint density at radius 2 is 1.79 bits per heavy atom. The first-order chi connectivity index (χ1) is 8.60. The lowest BCUT2D eigenvalue weighted by atomic mass is 9.46. The van der Waals surface area contributed by atoms with Crippen LogP contribution < -0.4 is 0 Å². The molecule has 0 saturated heterocycles. The van der Waals surface area contributed by atoms with Gasteiger partial charge in [-0.2, -0.15) is 0 Å². The van der Waals surface area contributed by atoms with Crippen LogP contribution in [-0.2, 0) is 4.79 Å². The fourth-order valence-corrected chi connectivity index (χ4v) is 4.59. The number of allylic oxidation sites excluding steroid dienone is 4. The number of ketones is 1. The van der Waals surface area contributed by atoms with Crippen molar-refractivity contribution in [2.24, 2.45) is 28.6 Å². The molecule has 0 aromatic heterocycles. The van der Waals surface area contributed by atoms with Gasteiger partial charge in [-0.15, -0.1) is 0 Å². The summed E-state index contributed by atoms with van der Waals surface area (Å²) in [4.78, 5) is 12.2. The van der Waals surface area contributed by atoms with Gasteiger partial charge in [-0.3, -0.25) is 4.79 Å². The summed E-state index contributed by atoms with van der Waals surface area (Å²) in [7, 11) is 0. The van der Waals surface area contributed by atoms with Gasteiger partial charge in [0.2, 0.25) is 0 Å². The molecule has 1 saturated carbocycles. The molecule has 2 aliphatic rings. The molecule has 1 nitrogen and oxygen atoms in total. The number of carbonyl (C=O) groups is 1. The molecular formula is C18H28O. The maximum Gasteiger partial charge on any atom is 0.134 e. The molecular weight excluding hydrogens is 232 g/mol. The molecule has 0 aromatic rings. The van der Waals surface area contributed by atoms with Crippen molar-refractivity contribution in [3.8, 4) is 0 Å². The van der Waals surface area contributed by atoms with E-state index in [1.54, 1.807) is 6.92 Å². The molecule has 0 bridgehead atoms. The summed E-state index contributed by atoms with van der Waals surface area (Å²) in [5.74, 6) is 1.49. The van der Waals surface area contributed by atoms with Crippen LogP contribution in [0.15, 0.2) is 23.3 Å². The maximum absolute atomic E-state index is 12.2. The van der Waals surface area contributed by atoms with E-state index in [2.05, 4.69) is 53.7 Å². The first-order valence-corrected chi connectivity index (χ1v) is 7.48. The van der Waals surface area contributed by atoms with Crippen LogP contribution in [0.4, 0.5) is 0 Å². The van der Waals surface area contributed by atoms with Crippen LogP contribution >= 0.6 is 0 Å². The van der Waals surface area contributed by atoms with E-state index < -0.39 is 0 Å². The Hall–Kier alpha value is -0.850. The van der Waals surface area contributed by atoms with E-state index in [-0.39, 0.29) is 16.7 Å². The Kier molecular flexibility index (Phi) is 3.32. The monoisotopic (exact) mass is 260 g/mol. The van der Waals surface area contributed by atoms with Crippen molar-refractivity contribution >= 4 is 5.78 Å². The van der Waals surface area contributed by atoms with Crippen molar-refractivity contribution in [2.75, 3.05) is 0 Å². The van der Waals surface area contributed by atoms with Crippen molar-refractivity contribution < 1.29 is 4.79 Å². The fraction of sp³-hybridized carbons (Fsp3) is 0.722. The lowest BCUT2D eigenvalue weighted by molar-refractivity contribution is -0.132. The minimum atomic E-state index is -0.0113. The van der Waals surface area contributed by atoms with Gasteiger partial charge >= 0.3 is 0 Å². The predicted octanol–water partition coefficient (Wildman–Crippen LogP) is 4.79. The van der Waals surface area contributed by atoms with E-state index in [1.807, 2.05) is 0 Å². The average Bonchev–Trinajstić information content (AvgIpc) is 2.26. The van der Waals surface area contributed by atoms with Gasteiger partial charge in [0.25, 0.3) is 0 Å². The molecule has 3 unspecified atom stereocenters. The molecule has 0 aliphatic heterocycles. The highest BCUT2D eigenvalue weighted by atomic mass is 16.1. The summed E-state index contributed by atoms with van der Waals surface area (Å²) in [6, 6.07) is 0. The van der Waals surface area contributed by atoms with E-state index in [9.17, 15) is 4.79 Å². The highest BCUT2D eigenvalue weighted by Crippen LogP contribution is 2.60. The molecule has 0 amide bonds. The Morgan fingerprint density at radius 3 is 2.32 bits per heavy atom. The third kappa shape index (κ3) is 2.02. The van der Waals surface area contributed by atoms with Crippen LogP contribution in [0.1, 0.15) is 54.9 Å². The topological polar surface area (TPSA) is 17.1 Å². The molecule has 2 rings (SSSR count). The quantitative estimate of drug-likeness (QED) is 0.662. The normalized spacial score (nSPS) is 36.1. The second kappa shape index (κ2) is 4.33. The number of Topliss-reactive ketones (excluding diaryl/α,β-unsaturated/α-hetero) is 1. The lowest BCUT2D eigenvalue weighted by Gasteiger charge is -2.57. The molecule has 1 heteroatoms. The number of carbonyl (C=O) groups excluding carboxylic acids is 1. The summed E-state index contributed by atoms with van der Waals surface area (Å²) in [5.41, 5.74) is 3.13. The first-order valence-electron chi connectivity index (χ1n) is 7.48. The fourth-order valence-electron chi connectivity index (χ4n) is 4.59. The van der Waals surface area contributed by atoms with Crippen molar-refractivity contribution in [2.45, 2.75) is 54.9 Å². The molecule has 0 heterocycles. The number of hydrogen-bond donors (Lipinski definition) is 0. The summed E-state index contributed by atoms with van der Waals surface area (Å²) >= 11 is 0. The lowest BCUT2D eigenvalue weighted by Crippen LogP contribution is -2.52. The highest BCUT2D eigenvalue weighted by Gasteiger charge is 2.55. The molecule has 106 valence electrons. The Labute approximate surface area is 118 Å². The molecule has 2 aliphatic carbocycles. The second-order valence-electron chi connectivity index (χ2n) is 7.81. The Bertz CT molecular complexity index is 462. The predicted molar refractivity (Wildman–Crippen MR) is 80.8 cm³/mol. The van der Waals surface area contributed by atoms with Crippen LogP contribution in [0.3, 0.4) is 0 Å². The summed E-state index contributed by atoms with van der Waals surface area (Å²) in [5, 5.41) is 0. The number of fused-ring (bicyclic) bond motifs is 1. The van der Waals surface area contributed by atoms with Crippen LogP contribution in [0, 0.1) is 28.6 Å². The minimum Gasteiger partial charge on any atom is -0.300 e.